The number of rotatable bonds is 6. The highest BCUT2D eigenvalue weighted by Crippen LogP contribution is 2.15. The molecule has 0 amide bonds. The van der Waals surface area contributed by atoms with E-state index in [1.165, 1.54) is 7.11 Å². The Balaban J connectivity index is 2.57. The molecule has 0 fully saturated rings. The van der Waals surface area contributed by atoms with E-state index in [1.807, 2.05) is 6.92 Å². The summed E-state index contributed by atoms with van der Waals surface area (Å²) in [5.74, 6) is -0.511. The summed E-state index contributed by atoms with van der Waals surface area (Å²) in [5.41, 5.74) is 1.03. The molecule has 1 atom stereocenters. The van der Waals surface area contributed by atoms with Gasteiger partial charge in [-0.1, -0.05) is 24.6 Å². The second-order valence-corrected chi connectivity index (χ2v) is 6.81. The van der Waals surface area contributed by atoms with Crippen LogP contribution < -0.4 is 0 Å². The summed E-state index contributed by atoms with van der Waals surface area (Å²) in [5, 5.41) is 0. The molecule has 0 bridgehead atoms. The molecule has 0 unspecified atom stereocenters. The molecule has 0 saturated heterocycles. The molecular formula is C14H20O4S. The maximum Gasteiger partial charge on any atom is 0.308 e. The van der Waals surface area contributed by atoms with Gasteiger partial charge in [0.15, 0.2) is 9.84 Å². The monoisotopic (exact) mass is 284 g/mol. The highest BCUT2D eigenvalue weighted by molar-refractivity contribution is 7.91. The normalized spacial score (nSPS) is 13.0. The lowest BCUT2D eigenvalue weighted by Gasteiger charge is -2.09. The second kappa shape index (κ2) is 6.70. The Morgan fingerprint density at radius 2 is 1.84 bits per heavy atom. The van der Waals surface area contributed by atoms with Gasteiger partial charge in [0.25, 0.3) is 0 Å². The summed E-state index contributed by atoms with van der Waals surface area (Å²) >= 11 is 0. The van der Waals surface area contributed by atoms with E-state index < -0.39 is 9.84 Å². The molecule has 0 heterocycles. The average Bonchev–Trinajstić information content (AvgIpc) is 2.37. The number of hydrogen-bond donors (Lipinski definition) is 0. The number of carbonyl (C=O) groups excluding carboxylic acids is 1. The quantitative estimate of drug-likeness (QED) is 0.752. The zero-order valence-corrected chi connectivity index (χ0v) is 12.4. The van der Waals surface area contributed by atoms with Gasteiger partial charge in [0.1, 0.15) is 0 Å². The van der Waals surface area contributed by atoms with Gasteiger partial charge in [0.05, 0.1) is 23.7 Å². The SMILES string of the molecule is COC(=O)[C@@H](C)CCCS(=O)(=O)c1ccc(C)cc1. The van der Waals surface area contributed by atoms with E-state index in [9.17, 15) is 13.2 Å². The predicted octanol–water partition coefficient (Wildman–Crippen LogP) is 2.36. The van der Waals surface area contributed by atoms with Gasteiger partial charge in [0, 0.05) is 0 Å². The van der Waals surface area contributed by atoms with E-state index >= 15 is 0 Å². The van der Waals surface area contributed by atoms with E-state index in [2.05, 4.69) is 4.74 Å². The van der Waals surface area contributed by atoms with Crippen LogP contribution in [-0.4, -0.2) is 27.2 Å². The van der Waals surface area contributed by atoms with E-state index in [-0.39, 0.29) is 17.6 Å². The average molecular weight is 284 g/mol. The van der Waals surface area contributed by atoms with Gasteiger partial charge in [-0.2, -0.15) is 0 Å². The smallest absolute Gasteiger partial charge is 0.308 e. The van der Waals surface area contributed by atoms with E-state index in [1.54, 1.807) is 31.2 Å². The van der Waals surface area contributed by atoms with Crippen LogP contribution in [0.1, 0.15) is 25.3 Å². The Kier molecular flexibility index (Phi) is 5.54. The van der Waals surface area contributed by atoms with Crippen LogP contribution in [0.15, 0.2) is 29.2 Å². The van der Waals surface area contributed by atoms with Crippen molar-refractivity contribution in [2.45, 2.75) is 31.6 Å². The first-order valence-electron chi connectivity index (χ1n) is 6.24. The van der Waals surface area contributed by atoms with Crippen LogP contribution in [0.5, 0.6) is 0 Å². The first-order valence-corrected chi connectivity index (χ1v) is 7.89. The molecule has 0 aliphatic rings. The Morgan fingerprint density at radius 3 is 2.37 bits per heavy atom. The minimum absolute atomic E-state index is 0.0530. The predicted molar refractivity (Wildman–Crippen MR) is 73.6 cm³/mol. The molecule has 106 valence electrons. The van der Waals surface area contributed by atoms with Gasteiger partial charge in [-0.3, -0.25) is 4.79 Å². The summed E-state index contributed by atoms with van der Waals surface area (Å²) < 4.78 is 28.7. The molecule has 0 radical (unpaired) electrons. The number of esters is 1. The van der Waals surface area contributed by atoms with Crippen LogP contribution in [0.4, 0.5) is 0 Å². The third kappa shape index (κ3) is 4.67. The zero-order chi connectivity index (χ0) is 14.5. The van der Waals surface area contributed by atoms with Crippen LogP contribution in [0.3, 0.4) is 0 Å². The fraction of sp³-hybridized carbons (Fsp3) is 0.500. The topological polar surface area (TPSA) is 60.4 Å². The highest BCUT2D eigenvalue weighted by Gasteiger charge is 2.17. The summed E-state index contributed by atoms with van der Waals surface area (Å²) in [6.45, 7) is 3.65. The fourth-order valence-corrected chi connectivity index (χ4v) is 3.10. The van der Waals surface area contributed by atoms with Crippen molar-refractivity contribution >= 4 is 15.8 Å². The molecule has 1 aromatic rings. The molecule has 0 aromatic heterocycles. The molecular weight excluding hydrogens is 264 g/mol. The molecule has 19 heavy (non-hydrogen) atoms. The Hall–Kier alpha value is -1.36. The van der Waals surface area contributed by atoms with Gasteiger partial charge in [-0.15, -0.1) is 0 Å². The maximum atomic E-state index is 12.0. The maximum absolute atomic E-state index is 12.0. The molecule has 0 aliphatic carbocycles. The number of sulfone groups is 1. The van der Waals surface area contributed by atoms with Gasteiger partial charge in [0.2, 0.25) is 0 Å². The lowest BCUT2D eigenvalue weighted by molar-refractivity contribution is -0.145. The molecule has 0 spiro atoms. The minimum Gasteiger partial charge on any atom is -0.469 e. The van der Waals surface area contributed by atoms with Crippen molar-refractivity contribution in [1.82, 2.24) is 0 Å². The van der Waals surface area contributed by atoms with Crippen molar-refractivity contribution in [3.05, 3.63) is 29.8 Å². The first-order chi connectivity index (χ1) is 8.86. The van der Waals surface area contributed by atoms with Crippen LogP contribution >= 0.6 is 0 Å². The largest absolute Gasteiger partial charge is 0.469 e. The highest BCUT2D eigenvalue weighted by atomic mass is 32.2. The third-order valence-corrected chi connectivity index (χ3v) is 4.85. The zero-order valence-electron chi connectivity index (χ0n) is 11.5. The molecule has 1 rings (SSSR count). The van der Waals surface area contributed by atoms with E-state index in [0.29, 0.717) is 17.7 Å². The van der Waals surface area contributed by atoms with Gasteiger partial charge < -0.3 is 4.74 Å². The molecule has 0 aliphatic heterocycles. The van der Waals surface area contributed by atoms with Gasteiger partial charge in [-0.05, 0) is 31.9 Å². The number of methoxy groups -OCH3 is 1. The van der Waals surface area contributed by atoms with Crippen molar-refractivity contribution in [2.24, 2.45) is 5.92 Å². The summed E-state index contributed by atoms with van der Waals surface area (Å²) in [6, 6.07) is 6.80. The van der Waals surface area contributed by atoms with Crippen molar-refractivity contribution in [1.29, 1.82) is 0 Å². The Morgan fingerprint density at radius 1 is 1.26 bits per heavy atom. The standard InChI is InChI=1S/C14H20O4S/c1-11-6-8-13(9-7-11)19(16,17)10-4-5-12(2)14(15)18-3/h6-9,12H,4-5,10H2,1-3H3/t12-/m0/s1. The summed E-state index contributed by atoms with van der Waals surface area (Å²) in [6.07, 6.45) is 0.963. The molecule has 0 saturated carbocycles. The minimum atomic E-state index is -3.26. The number of aryl methyl sites for hydroxylation is 1. The molecule has 1 aromatic carbocycles. The van der Waals surface area contributed by atoms with Crippen molar-refractivity contribution in [3.63, 3.8) is 0 Å². The third-order valence-electron chi connectivity index (χ3n) is 3.03. The van der Waals surface area contributed by atoms with Gasteiger partial charge in [-0.25, -0.2) is 8.42 Å². The number of benzene rings is 1. The van der Waals surface area contributed by atoms with Crippen LogP contribution in [-0.2, 0) is 19.4 Å². The number of ether oxygens (including phenoxy) is 1. The van der Waals surface area contributed by atoms with Crippen LogP contribution in [0.2, 0.25) is 0 Å². The van der Waals surface area contributed by atoms with Crippen molar-refractivity contribution < 1.29 is 17.9 Å². The van der Waals surface area contributed by atoms with Gasteiger partial charge >= 0.3 is 5.97 Å². The summed E-state index contributed by atoms with van der Waals surface area (Å²) in [7, 11) is -1.92. The van der Waals surface area contributed by atoms with Crippen LogP contribution in [0, 0.1) is 12.8 Å². The molecule has 5 heteroatoms. The summed E-state index contributed by atoms with van der Waals surface area (Å²) in [4.78, 5) is 11.5. The van der Waals surface area contributed by atoms with Crippen molar-refractivity contribution in [3.8, 4) is 0 Å². The Bertz CT molecular complexity index is 517. The fourth-order valence-electron chi connectivity index (χ4n) is 1.76. The van der Waals surface area contributed by atoms with Crippen molar-refractivity contribution in [2.75, 3.05) is 12.9 Å². The lowest BCUT2D eigenvalue weighted by atomic mass is 10.1. The van der Waals surface area contributed by atoms with Crippen LogP contribution in [0.25, 0.3) is 0 Å². The second-order valence-electron chi connectivity index (χ2n) is 4.70. The first kappa shape index (κ1) is 15.7. The van der Waals surface area contributed by atoms with E-state index in [0.717, 1.165) is 5.56 Å². The molecule has 0 N–H and O–H groups in total. The van der Waals surface area contributed by atoms with E-state index in [4.69, 9.17) is 0 Å². The number of hydrogen-bond acceptors (Lipinski definition) is 4. The lowest BCUT2D eigenvalue weighted by Crippen LogP contribution is -2.14. The molecule has 4 nitrogen and oxygen atoms in total. The number of carbonyl (C=O) groups is 1. The Labute approximate surface area is 114 Å².